The molecular weight excluding hydrogens is 492 g/mol. The molecule has 10 heteroatoms. The van der Waals surface area contributed by atoms with E-state index in [1.807, 2.05) is 18.2 Å². The van der Waals surface area contributed by atoms with E-state index in [4.69, 9.17) is 6.42 Å². The summed E-state index contributed by atoms with van der Waals surface area (Å²) in [4.78, 5) is 31.3. The third kappa shape index (κ3) is 5.86. The number of nitrogens with two attached hydrogens (primary N) is 1. The Morgan fingerprint density at radius 3 is 2.74 bits per heavy atom. The fourth-order valence-electron chi connectivity index (χ4n) is 5.12. The molecule has 1 aliphatic carbocycles. The third-order valence-electron chi connectivity index (χ3n) is 7.39. The first-order valence-electron chi connectivity index (χ1n) is 13.2. The summed E-state index contributed by atoms with van der Waals surface area (Å²) in [5.74, 6) is 3.40. The molecule has 5 N–H and O–H groups in total. The van der Waals surface area contributed by atoms with Crippen LogP contribution in [0.4, 0.5) is 29.0 Å². The molecule has 1 amide bonds. The monoisotopic (exact) mass is 527 g/mol. The van der Waals surface area contributed by atoms with E-state index in [2.05, 4.69) is 67.4 Å². The van der Waals surface area contributed by atoms with Crippen LogP contribution in [0, 0.1) is 19.3 Å². The third-order valence-corrected chi connectivity index (χ3v) is 7.39. The summed E-state index contributed by atoms with van der Waals surface area (Å²) in [6.45, 7) is 8.07. The van der Waals surface area contributed by atoms with Gasteiger partial charge in [-0.3, -0.25) is 4.79 Å². The van der Waals surface area contributed by atoms with Gasteiger partial charge in [0.05, 0.1) is 18.4 Å². The van der Waals surface area contributed by atoms with Gasteiger partial charge in [-0.25, -0.2) is 10.3 Å². The molecule has 2 aliphatic rings. The number of pyridine rings is 1. The highest BCUT2D eigenvalue weighted by Gasteiger charge is 2.34. The van der Waals surface area contributed by atoms with E-state index in [0.29, 0.717) is 29.7 Å². The number of hydrogen-bond donors (Lipinski definition) is 4. The number of carbonyl (C=O) groups excluding carboxylic acids is 1. The molecule has 1 aliphatic heterocycles. The Hall–Kier alpha value is -4.04. The van der Waals surface area contributed by atoms with Crippen molar-refractivity contribution in [1.29, 1.82) is 0 Å². The molecule has 39 heavy (non-hydrogen) atoms. The van der Waals surface area contributed by atoms with Crippen LogP contribution >= 0.6 is 0 Å². The van der Waals surface area contributed by atoms with E-state index in [9.17, 15) is 9.90 Å². The smallest absolute Gasteiger partial charge is 0.261 e. The highest BCUT2D eigenvalue weighted by molar-refractivity contribution is 5.97. The van der Waals surface area contributed by atoms with Crippen molar-refractivity contribution >= 4 is 34.9 Å². The van der Waals surface area contributed by atoms with E-state index in [0.717, 1.165) is 49.4 Å². The largest absolute Gasteiger partial charge is 0.384 e. The number of quaternary nitrogens is 1. The van der Waals surface area contributed by atoms with Crippen LogP contribution in [-0.4, -0.2) is 70.6 Å². The van der Waals surface area contributed by atoms with Crippen LogP contribution in [-0.2, 0) is 12.0 Å². The number of amides is 1. The van der Waals surface area contributed by atoms with E-state index in [1.165, 1.54) is 11.9 Å². The molecule has 0 radical (unpaired) electrons. The highest BCUT2D eigenvalue weighted by Crippen LogP contribution is 2.35. The Labute approximate surface area is 228 Å². The zero-order chi connectivity index (χ0) is 27.6. The van der Waals surface area contributed by atoms with Crippen LogP contribution in [0.5, 0.6) is 0 Å². The van der Waals surface area contributed by atoms with Crippen molar-refractivity contribution in [3.8, 4) is 12.3 Å². The van der Waals surface area contributed by atoms with Crippen molar-refractivity contribution in [3.05, 3.63) is 58.9 Å². The average molecular weight is 528 g/mol. The van der Waals surface area contributed by atoms with Gasteiger partial charge in [-0.1, -0.05) is 5.92 Å². The van der Waals surface area contributed by atoms with Gasteiger partial charge in [0.1, 0.15) is 11.2 Å². The Morgan fingerprint density at radius 1 is 1.21 bits per heavy atom. The molecule has 0 saturated carbocycles. The first kappa shape index (κ1) is 26.6. The highest BCUT2D eigenvalue weighted by atomic mass is 16.3. The summed E-state index contributed by atoms with van der Waals surface area (Å²) in [6.07, 6.45) is 8.23. The molecular formula is C29H35N8O2+. The molecule has 5 rings (SSSR count). The number of anilines is 3. The molecule has 0 spiro atoms. The average Bonchev–Trinajstić information content (AvgIpc) is 3.22. The lowest BCUT2D eigenvalue weighted by atomic mass is 10.0. The molecule has 1 aromatic carbocycles. The molecule has 1 saturated heterocycles. The first-order valence-corrected chi connectivity index (χ1v) is 13.2. The summed E-state index contributed by atoms with van der Waals surface area (Å²) in [5.41, 5.74) is 4.25. The number of carbonyl (C=O) groups is 1. The van der Waals surface area contributed by atoms with Gasteiger partial charge in [0, 0.05) is 43.6 Å². The number of rotatable bonds is 7. The number of aromatic nitrogens is 3. The first-order chi connectivity index (χ1) is 18.7. The van der Waals surface area contributed by atoms with Gasteiger partial charge in [0.15, 0.2) is 0 Å². The maximum absolute atomic E-state index is 12.8. The number of piperazine rings is 1. The second kappa shape index (κ2) is 11.0. The zero-order valence-corrected chi connectivity index (χ0v) is 22.7. The van der Waals surface area contributed by atoms with Crippen LogP contribution in [0.3, 0.4) is 0 Å². The fourth-order valence-corrected chi connectivity index (χ4v) is 5.12. The number of fused-ring (bicyclic) bond motifs is 1. The van der Waals surface area contributed by atoms with Crippen LogP contribution in [0.1, 0.15) is 40.5 Å². The number of hydrogen-bond acceptors (Lipinski definition) is 8. The summed E-state index contributed by atoms with van der Waals surface area (Å²) < 4.78 is 0. The van der Waals surface area contributed by atoms with Crippen molar-refractivity contribution in [3.63, 3.8) is 0 Å². The minimum atomic E-state index is -0.973. The zero-order valence-electron chi connectivity index (χ0n) is 22.7. The van der Waals surface area contributed by atoms with Crippen LogP contribution in [0.15, 0.2) is 36.5 Å². The minimum Gasteiger partial charge on any atom is -0.384 e. The predicted octanol–water partition coefficient (Wildman–Crippen LogP) is 1.72. The summed E-state index contributed by atoms with van der Waals surface area (Å²) in [5, 5.41) is 18.4. The van der Waals surface area contributed by atoms with Gasteiger partial charge in [-0.2, -0.15) is 9.97 Å². The molecule has 0 bridgehead atoms. The van der Waals surface area contributed by atoms with Crippen LogP contribution < -0.4 is 20.9 Å². The molecule has 10 nitrogen and oxygen atoms in total. The lowest BCUT2D eigenvalue weighted by molar-refractivity contribution is -0.487. The van der Waals surface area contributed by atoms with E-state index < -0.39 is 5.60 Å². The van der Waals surface area contributed by atoms with E-state index in [1.54, 1.807) is 12.2 Å². The predicted molar refractivity (Wildman–Crippen MR) is 151 cm³/mol. The Morgan fingerprint density at radius 2 is 2.00 bits per heavy atom. The maximum Gasteiger partial charge on any atom is 0.261 e. The topological polar surface area (TPSA) is 123 Å². The number of aryl methyl sites for hydroxylation is 2. The van der Waals surface area contributed by atoms with Crippen LogP contribution in [0.25, 0.3) is 0 Å². The van der Waals surface area contributed by atoms with Gasteiger partial charge in [0.25, 0.3) is 5.91 Å². The molecule has 3 heterocycles. The number of benzene rings is 1. The molecule has 1 atom stereocenters. The van der Waals surface area contributed by atoms with Crippen LogP contribution in [0.2, 0.25) is 0 Å². The quantitative estimate of drug-likeness (QED) is 0.343. The molecule has 202 valence electrons. The normalized spacial score (nSPS) is 18.9. The summed E-state index contributed by atoms with van der Waals surface area (Å²) in [6, 6.07) is 10.1. The van der Waals surface area contributed by atoms with Crippen molar-refractivity contribution in [2.45, 2.75) is 32.3 Å². The Balaban J connectivity index is 1.40. The lowest BCUT2D eigenvalue weighted by Crippen LogP contribution is -2.73. The maximum atomic E-state index is 12.8. The van der Waals surface area contributed by atoms with Crippen molar-refractivity contribution in [1.82, 2.24) is 25.2 Å². The van der Waals surface area contributed by atoms with Gasteiger partial charge >= 0.3 is 0 Å². The number of likely N-dealkylation sites (N-methyl/N-ethyl adjacent to an activating group) is 1. The Bertz CT molecular complexity index is 1420. The second-order valence-electron chi connectivity index (χ2n) is 10.5. The summed E-state index contributed by atoms with van der Waals surface area (Å²) in [7, 11) is 2.15. The van der Waals surface area contributed by atoms with Gasteiger partial charge in [-0.05, 0) is 69.1 Å². The van der Waals surface area contributed by atoms with Gasteiger partial charge in [0.2, 0.25) is 17.6 Å². The second-order valence-corrected chi connectivity index (χ2v) is 10.5. The summed E-state index contributed by atoms with van der Waals surface area (Å²) >= 11 is 0. The molecule has 1 unspecified atom stereocenters. The number of nitrogens with one attached hydrogen (secondary N) is 2. The number of terminal acetylenes is 1. The number of aliphatic hydroxyl groups is 1. The van der Waals surface area contributed by atoms with Crippen molar-refractivity contribution in [2.24, 2.45) is 0 Å². The SMILES string of the molecule is C#CCNC(=O)c1cnc(Nc2ccc(N3CCN(C)CC3)c(C)c2)nc1[NH2+]c1ccc2c(n1)C(C)(O)CC2. The standard InChI is InChI=1S/C29H34N8O2/c1-5-12-30-27(38)22-18-31-28(32-21-7-8-23(19(2)17-21)37-15-13-36(4)14-16-37)35-26(22)34-24-9-6-20-10-11-29(3,39)25(20)33-24/h1,6-9,17-18,39H,10-16H2,2-4H3,(H,30,38)(H2,31,32,33,34,35)/p+1. The minimum absolute atomic E-state index is 0.0944. The van der Waals surface area contributed by atoms with Gasteiger partial charge < -0.3 is 25.5 Å². The molecule has 1 fully saturated rings. The molecule has 3 aromatic rings. The molecule has 2 aromatic heterocycles. The fraction of sp³-hybridized carbons (Fsp3) is 0.379. The van der Waals surface area contributed by atoms with Crippen molar-refractivity contribution < 1.29 is 15.2 Å². The lowest BCUT2D eigenvalue weighted by Gasteiger charge is -2.35. The van der Waals surface area contributed by atoms with E-state index >= 15 is 0 Å². The van der Waals surface area contributed by atoms with Crippen molar-refractivity contribution in [2.75, 3.05) is 50.0 Å². The van der Waals surface area contributed by atoms with E-state index in [-0.39, 0.29) is 18.0 Å². The van der Waals surface area contributed by atoms with Gasteiger partial charge in [-0.15, -0.1) is 6.42 Å². The number of nitrogens with zero attached hydrogens (tertiary/aromatic N) is 5. The Kier molecular flexibility index (Phi) is 7.48.